The van der Waals surface area contributed by atoms with Crippen LogP contribution < -0.4 is 4.74 Å². The Labute approximate surface area is 115 Å². The van der Waals surface area contributed by atoms with Gasteiger partial charge in [0.25, 0.3) is 10.1 Å². The molecule has 0 heterocycles. The smallest absolute Gasteiger partial charge is 0.426 e. The van der Waals surface area contributed by atoms with Crippen LogP contribution in [0.3, 0.4) is 0 Å². The molecule has 0 fully saturated rings. The molecule has 0 aromatic heterocycles. The second kappa shape index (κ2) is 5.61. The minimum atomic E-state index is -4.89. The first kappa shape index (κ1) is 15.5. The van der Waals surface area contributed by atoms with E-state index in [9.17, 15) is 21.6 Å². The Hall–Kier alpha value is -0.550. The first-order chi connectivity index (χ1) is 8.09. The van der Waals surface area contributed by atoms with Crippen LogP contribution in [-0.4, -0.2) is 31.0 Å². The van der Waals surface area contributed by atoms with Crippen LogP contribution in [0, 0.1) is 3.57 Å². The second-order valence-electron chi connectivity index (χ2n) is 3.33. The third-order valence-corrected chi connectivity index (χ3v) is 3.45. The van der Waals surface area contributed by atoms with Crippen molar-refractivity contribution in [2.75, 3.05) is 5.75 Å². The van der Waals surface area contributed by atoms with E-state index in [1.807, 2.05) is 0 Å². The summed E-state index contributed by atoms with van der Waals surface area (Å²) in [4.78, 5) is 0. The van der Waals surface area contributed by atoms with Crippen LogP contribution in [0.5, 0.6) is 5.75 Å². The number of benzene rings is 1. The monoisotopic (exact) mass is 396 g/mol. The summed E-state index contributed by atoms with van der Waals surface area (Å²) < 4.78 is 72.3. The Morgan fingerprint density at radius 3 is 2.33 bits per heavy atom. The van der Waals surface area contributed by atoms with Gasteiger partial charge in [-0.3, -0.25) is 4.55 Å². The highest BCUT2D eigenvalue weighted by Gasteiger charge is 2.44. The molecule has 18 heavy (non-hydrogen) atoms. The fourth-order valence-corrected chi connectivity index (χ4v) is 2.23. The number of rotatable bonds is 4. The molecule has 102 valence electrons. The molecule has 0 spiro atoms. The van der Waals surface area contributed by atoms with Gasteiger partial charge in [-0.2, -0.15) is 21.6 Å². The van der Waals surface area contributed by atoms with Crippen molar-refractivity contribution in [2.24, 2.45) is 0 Å². The zero-order valence-electron chi connectivity index (χ0n) is 8.69. The lowest BCUT2D eigenvalue weighted by atomic mass is 10.3. The van der Waals surface area contributed by atoms with Gasteiger partial charge in [0.05, 0.1) is 3.57 Å². The van der Waals surface area contributed by atoms with Crippen molar-refractivity contribution >= 4 is 32.7 Å². The van der Waals surface area contributed by atoms with E-state index < -0.39 is 28.2 Å². The fourth-order valence-electron chi connectivity index (χ4n) is 1.08. The molecule has 1 N–H and O–H groups in total. The lowest BCUT2D eigenvalue weighted by Gasteiger charge is -2.21. The van der Waals surface area contributed by atoms with Crippen molar-refractivity contribution in [1.82, 2.24) is 0 Å². The zero-order chi connectivity index (χ0) is 14.0. The molecule has 1 atom stereocenters. The van der Waals surface area contributed by atoms with Crippen molar-refractivity contribution in [3.63, 3.8) is 0 Å². The minimum absolute atomic E-state index is 0.0934. The second-order valence-corrected chi connectivity index (χ2v) is 5.99. The highest BCUT2D eigenvalue weighted by Crippen LogP contribution is 2.28. The fraction of sp³-hybridized carbons (Fsp3) is 0.333. The van der Waals surface area contributed by atoms with Gasteiger partial charge < -0.3 is 4.74 Å². The number of hydrogen-bond acceptors (Lipinski definition) is 3. The Morgan fingerprint density at radius 1 is 1.33 bits per heavy atom. The standard InChI is InChI=1S/C9H8F3IO4S/c10-9(11,12)8(5-18(14,15)16)17-7-4-2-1-3-6(7)13/h1-4,8H,5H2,(H,14,15,16). The van der Waals surface area contributed by atoms with Crippen molar-refractivity contribution in [3.8, 4) is 5.75 Å². The summed E-state index contributed by atoms with van der Waals surface area (Å²) >= 11 is 1.75. The first-order valence-electron chi connectivity index (χ1n) is 4.52. The normalized spacial score (nSPS) is 14.3. The SMILES string of the molecule is O=S(=O)(O)CC(Oc1ccccc1I)C(F)(F)F. The third kappa shape index (κ3) is 4.98. The topological polar surface area (TPSA) is 63.6 Å². The molecule has 1 rings (SSSR count). The molecule has 0 radical (unpaired) electrons. The van der Waals surface area contributed by atoms with Crippen LogP contribution in [0.2, 0.25) is 0 Å². The molecule has 0 amide bonds. The predicted molar refractivity (Wildman–Crippen MR) is 66.0 cm³/mol. The zero-order valence-corrected chi connectivity index (χ0v) is 11.7. The number of halogens is 4. The highest BCUT2D eigenvalue weighted by molar-refractivity contribution is 14.1. The Morgan fingerprint density at radius 2 is 1.89 bits per heavy atom. The van der Waals surface area contributed by atoms with Gasteiger partial charge in [-0.05, 0) is 34.7 Å². The van der Waals surface area contributed by atoms with Crippen LogP contribution in [0.15, 0.2) is 24.3 Å². The van der Waals surface area contributed by atoms with Gasteiger partial charge in [0, 0.05) is 0 Å². The third-order valence-electron chi connectivity index (χ3n) is 1.83. The molecule has 0 saturated heterocycles. The van der Waals surface area contributed by atoms with Crippen LogP contribution >= 0.6 is 22.6 Å². The van der Waals surface area contributed by atoms with Crippen LogP contribution in [-0.2, 0) is 10.1 Å². The van der Waals surface area contributed by atoms with E-state index in [4.69, 9.17) is 4.55 Å². The van der Waals surface area contributed by atoms with E-state index in [-0.39, 0.29) is 5.75 Å². The van der Waals surface area contributed by atoms with Gasteiger partial charge >= 0.3 is 6.18 Å². The average molecular weight is 396 g/mol. The molecule has 0 aliphatic carbocycles. The van der Waals surface area contributed by atoms with Crippen LogP contribution in [0.1, 0.15) is 0 Å². The Balaban J connectivity index is 2.97. The van der Waals surface area contributed by atoms with Crippen molar-refractivity contribution in [1.29, 1.82) is 0 Å². The van der Waals surface area contributed by atoms with E-state index in [0.717, 1.165) is 0 Å². The summed E-state index contributed by atoms with van der Waals surface area (Å²) in [6.07, 6.45) is -7.50. The number of alkyl halides is 3. The maximum absolute atomic E-state index is 12.6. The Bertz CT molecular complexity index is 515. The minimum Gasteiger partial charge on any atom is -0.479 e. The number of para-hydroxylation sites is 1. The van der Waals surface area contributed by atoms with E-state index in [0.29, 0.717) is 3.57 Å². The first-order valence-corrected chi connectivity index (χ1v) is 7.21. The van der Waals surface area contributed by atoms with E-state index in [1.165, 1.54) is 18.2 Å². The molecule has 1 aromatic carbocycles. The largest absolute Gasteiger partial charge is 0.479 e. The molecule has 0 aliphatic heterocycles. The number of ether oxygens (including phenoxy) is 1. The van der Waals surface area contributed by atoms with Crippen LogP contribution in [0.4, 0.5) is 13.2 Å². The molecule has 1 aromatic rings. The molecule has 0 aliphatic rings. The summed E-state index contributed by atoms with van der Waals surface area (Å²) in [7, 11) is -4.79. The van der Waals surface area contributed by atoms with Gasteiger partial charge in [-0.15, -0.1) is 0 Å². The van der Waals surface area contributed by atoms with E-state index in [1.54, 1.807) is 28.7 Å². The average Bonchev–Trinajstić information content (AvgIpc) is 2.17. The van der Waals surface area contributed by atoms with E-state index in [2.05, 4.69) is 4.74 Å². The summed E-state index contributed by atoms with van der Waals surface area (Å²) in [6, 6.07) is 5.85. The molecule has 4 nitrogen and oxygen atoms in total. The highest BCUT2D eigenvalue weighted by atomic mass is 127. The van der Waals surface area contributed by atoms with Gasteiger partial charge in [0.1, 0.15) is 11.5 Å². The Kier molecular flexibility index (Phi) is 4.84. The summed E-state index contributed by atoms with van der Waals surface area (Å²) in [5.41, 5.74) is 0. The van der Waals surface area contributed by atoms with Crippen molar-refractivity contribution < 1.29 is 30.9 Å². The predicted octanol–water partition coefficient (Wildman–Crippen LogP) is 2.49. The molecule has 1 unspecified atom stereocenters. The van der Waals surface area contributed by atoms with Gasteiger partial charge in [-0.25, -0.2) is 0 Å². The summed E-state index contributed by atoms with van der Waals surface area (Å²) in [5, 5.41) is 0. The molecule has 0 saturated carbocycles. The lowest BCUT2D eigenvalue weighted by molar-refractivity contribution is -0.188. The lowest BCUT2D eigenvalue weighted by Crippen LogP contribution is -2.40. The van der Waals surface area contributed by atoms with Crippen molar-refractivity contribution in [2.45, 2.75) is 12.3 Å². The summed E-state index contributed by atoms with van der Waals surface area (Å²) in [5.74, 6) is -1.63. The van der Waals surface area contributed by atoms with Gasteiger partial charge in [0.15, 0.2) is 0 Å². The maximum Gasteiger partial charge on any atom is 0.426 e. The molecular formula is C9H8F3IO4S. The maximum atomic E-state index is 12.6. The van der Waals surface area contributed by atoms with Crippen molar-refractivity contribution in [3.05, 3.63) is 27.8 Å². The molecule has 9 heteroatoms. The van der Waals surface area contributed by atoms with Gasteiger partial charge in [0.2, 0.25) is 6.10 Å². The summed E-state index contributed by atoms with van der Waals surface area (Å²) in [6.45, 7) is 0. The van der Waals surface area contributed by atoms with E-state index >= 15 is 0 Å². The van der Waals surface area contributed by atoms with Gasteiger partial charge in [-0.1, -0.05) is 12.1 Å². The number of hydrogen-bond donors (Lipinski definition) is 1. The van der Waals surface area contributed by atoms with Crippen LogP contribution in [0.25, 0.3) is 0 Å². The molecular weight excluding hydrogens is 388 g/mol. The molecule has 0 bridgehead atoms. The quantitative estimate of drug-likeness (QED) is 0.628.